The van der Waals surface area contributed by atoms with Crippen LogP contribution >= 0.6 is 11.8 Å². The number of aryl methyl sites for hydroxylation is 2. The van der Waals surface area contributed by atoms with Gasteiger partial charge in [-0.2, -0.15) is 0 Å². The summed E-state index contributed by atoms with van der Waals surface area (Å²) in [7, 11) is 3.29. The lowest BCUT2D eigenvalue weighted by atomic mass is 10.0. The molecule has 176 valence electrons. The smallest absolute Gasteiger partial charge is 0.294 e. The predicted molar refractivity (Wildman–Crippen MR) is 138 cm³/mol. The second kappa shape index (κ2) is 10.1. The van der Waals surface area contributed by atoms with Gasteiger partial charge in [0, 0.05) is 6.42 Å². The number of nitrogens with one attached hydrogen (secondary N) is 1. The summed E-state index contributed by atoms with van der Waals surface area (Å²) in [4.78, 5) is 13.4. The number of hydrogen-bond donors (Lipinski definition) is 2. The van der Waals surface area contributed by atoms with Crippen molar-refractivity contribution >= 4 is 28.7 Å². The third-order valence-electron chi connectivity index (χ3n) is 5.81. The number of ether oxygens (including phenoxy) is 2. The molecule has 5 aromatic rings. The molecule has 5 rings (SSSR count). The molecular weight excluding hydrogens is 458 g/mol. The van der Waals surface area contributed by atoms with Gasteiger partial charge in [-0.05, 0) is 46.7 Å². The Morgan fingerprint density at radius 1 is 0.943 bits per heavy atom. The van der Waals surface area contributed by atoms with Gasteiger partial charge in [0.15, 0.2) is 5.52 Å². The molecule has 3 N–H and O–H groups in total. The van der Waals surface area contributed by atoms with Crippen molar-refractivity contribution in [1.82, 2.24) is 15.0 Å². The van der Waals surface area contributed by atoms with Crippen molar-refractivity contribution in [3.05, 3.63) is 84.7 Å². The lowest BCUT2D eigenvalue weighted by Gasteiger charge is -2.07. The van der Waals surface area contributed by atoms with E-state index < -0.39 is 0 Å². The molecular formula is C27H26N5O2S+. The van der Waals surface area contributed by atoms with Crippen LogP contribution in [0, 0.1) is 0 Å². The number of aromatic amines is 1. The minimum absolute atomic E-state index is 0.417. The number of imidazole rings is 1. The van der Waals surface area contributed by atoms with Gasteiger partial charge < -0.3 is 20.2 Å². The fourth-order valence-corrected chi connectivity index (χ4v) is 4.82. The molecule has 0 fully saturated rings. The summed E-state index contributed by atoms with van der Waals surface area (Å²) < 4.78 is 12.9. The van der Waals surface area contributed by atoms with E-state index in [1.165, 1.54) is 28.5 Å². The minimum atomic E-state index is 0.417. The van der Waals surface area contributed by atoms with Crippen LogP contribution in [0.4, 0.5) is 5.82 Å². The van der Waals surface area contributed by atoms with Crippen molar-refractivity contribution < 1.29 is 14.0 Å². The Hall–Kier alpha value is -4.04. The van der Waals surface area contributed by atoms with E-state index >= 15 is 0 Å². The zero-order chi connectivity index (χ0) is 24.2. The number of benzene rings is 3. The Balaban J connectivity index is 1.37. The summed E-state index contributed by atoms with van der Waals surface area (Å²) in [5, 5.41) is 0.701. The first-order valence-electron chi connectivity index (χ1n) is 11.2. The van der Waals surface area contributed by atoms with Gasteiger partial charge in [-0.25, -0.2) is 4.57 Å². The molecule has 0 atom stereocenters. The van der Waals surface area contributed by atoms with Gasteiger partial charge in [0.2, 0.25) is 17.3 Å². The molecule has 0 bridgehead atoms. The number of H-pyrrole nitrogens is 1. The number of nitrogens with zero attached hydrogens (tertiary/aromatic N) is 3. The number of rotatable bonds is 8. The topological polar surface area (TPSA) is 89.9 Å². The Kier molecular flexibility index (Phi) is 6.54. The lowest BCUT2D eigenvalue weighted by Crippen LogP contribution is -2.36. The van der Waals surface area contributed by atoms with Gasteiger partial charge in [-0.15, -0.1) is 0 Å². The number of nitrogen functional groups attached to an aromatic ring is 1. The highest BCUT2D eigenvalue weighted by Gasteiger charge is 2.20. The molecule has 0 aliphatic heterocycles. The Bertz CT molecular complexity index is 1450. The largest absolute Gasteiger partial charge is 0.497 e. The normalized spacial score (nSPS) is 11.0. The zero-order valence-electron chi connectivity index (χ0n) is 19.6. The number of methoxy groups -OCH3 is 2. The first-order valence-corrected chi connectivity index (χ1v) is 12.0. The molecule has 0 saturated heterocycles. The number of aromatic nitrogens is 4. The van der Waals surface area contributed by atoms with Gasteiger partial charge in [0.1, 0.15) is 11.5 Å². The second-order valence-electron chi connectivity index (χ2n) is 8.00. The van der Waals surface area contributed by atoms with Gasteiger partial charge in [0.25, 0.3) is 5.65 Å². The molecule has 8 heteroatoms. The summed E-state index contributed by atoms with van der Waals surface area (Å²) in [6.07, 6.45) is 2.59. The maximum absolute atomic E-state index is 6.16. The van der Waals surface area contributed by atoms with Gasteiger partial charge >= 0.3 is 0 Å². The molecule has 0 saturated carbocycles. The van der Waals surface area contributed by atoms with Crippen LogP contribution < -0.4 is 19.8 Å². The summed E-state index contributed by atoms with van der Waals surface area (Å²) in [5.41, 5.74) is 11.3. The standard InChI is InChI=1S/C27H25N5O2S/c1-33-21-12-13-22(34-2)23(16-21)35-27-30-24-25(28)29-17-32(26(24)31-27)15-14-18-8-10-20(11-9-18)19-6-4-3-5-7-19/h3-13,16-17H,14-15H2,1-2H3,(H2,28,30,31)/p+1. The predicted octanol–water partition coefficient (Wildman–Crippen LogP) is 4.91. The highest BCUT2D eigenvalue weighted by atomic mass is 32.2. The highest BCUT2D eigenvalue weighted by Crippen LogP contribution is 2.36. The maximum Gasteiger partial charge on any atom is 0.294 e. The van der Waals surface area contributed by atoms with Gasteiger partial charge in [-0.1, -0.05) is 64.6 Å². The molecule has 0 spiro atoms. The van der Waals surface area contributed by atoms with Crippen LogP contribution in [-0.2, 0) is 13.0 Å². The van der Waals surface area contributed by atoms with E-state index in [1.54, 1.807) is 20.5 Å². The molecule has 0 unspecified atom stereocenters. The molecule has 0 aliphatic carbocycles. The summed E-state index contributed by atoms with van der Waals surface area (Å²) in [6, 6.07) is 24.7. The van der Waals surface area contributed by atoms with Crippen molar-refractivity contribution in [2.24, 2.45) is 0 Å². The third-order valence-corrected chi connectivity index (χ3v) is 6.73. The van der Waals surface area contributed by atoms with Gasteiger partial charge in [0.05, 0.1) is 25.7 Å². The van der Waals surface area contributed by atoms with E-state index in [9.17, 15) is 0 Å². The first kappa shape index (κ1) is 22.7. The monoisotopic (exact) mass is 484 g/mol. The molecule has 2 aromatic heterocycles. The Morgan fingerprint density at radius 2 is 1.71 bits per heavy atom. The fourth-order valence-electron chi connectivity index (χ4n) is 3.90. The minimum Gasteiger partial charge on any atom is -0.497 e. The van der Waals surface area contributed by atoms with Crippen molar-refractivity contribution in [1.29, 1.82) is 0 Å². The molecule has 2 heterocycles. The first-order chi connectivity index (χ1) is 17.1. The van der Waals surface area contributed by atoms with Crippen LogP contribution in [-0.4, -0.2) is 29.2 Å². The molecule has 0 amide bonds. The van der Waals surface area contributed by atoms with E-state index in [0.717, 1.165) is 40.5 Å². The van der Waals surface area contributed by atoms with Crippen LogP contribution in [0.2, 0.25) is 0 Å². The molecule has 0 radical (unpaired) electrons. The quantitative estimate of drug-likeness (QED) is 0.304. The van der Waals surface area contributed by atoms with Crippen molar-refractivity contribution in [3.8, 4) is 22.6 Å². The van der Waals surface area contributed by atoms with E-state index in [2.05, 4.69) is 58.5 Å². The lowest BCUT2D eigenvalue weighted by molar-refractivity contribution is -0.675. The molecule has 3 aromatic carbocycles. The van der Waals surface area contributed by atoms with Crippen molar-refractivity contribution in [2.45, 2.75) is 23.0 Å². The molecule has 0 aliphatic rings. The number of nitrogens with two attached hydrogens (primary N) is 1. The average Bonchev–Trinajstić information content (AvgIpc) is 3.34. The number of hydrogen-bond acceptors (Lipinski definition) is 6. The highest BCUT2D eigenvalue weighted by molar-refractivity contribution is 7.99. The van der Waals surface area contributed by atoms with E-state index in [1.807, 2.05) is 28.8 Å². The van der Waals surface area contributed by atoms with Crippen LogP contribution in [0.1, 0.15) is 5.56 Å². The SMILES string of the molecule is COc1ccc(OC)c(Sc2nc3c([nH]2)c(N)nc[n+]3CCc2ccc(-c3ccccc3)cc2)c1. The fraction of sp³-hybridized carbons (Fsp3) is 0.148. The maximum atomic E-state index is 6.16. The molecule has 35 heavy (non-hydrogen) atoms. The van der Waals surface area contributed by atoms with E-state index in [-0.39, 0.29) is 0 Å². The van der Waals surface area contributed by atoms with Crippen molar-refractivity contribution in [2.75, 3.05) is 20.0 Å². The number of fused-ring (bicyclic) bond motifs is 1. The zero-order valence-corrected chi connectivity index (χ0v) is 20.4. The van der Waals surface area contributed by atoms with Crippen LogP contribution in [0.3, 0.4) is 0 Å². The van der Waals surface area contributed by atoms with Gasteiger partial charge in [-0.3, -0.25) is 0 Å². The molecule has 7 nitrogen and oxygen atoms in total. The summed E-state index contributed by atoms with van der Waals surface area (Å²) >= 11 is 1.46. The summed E-state index contributed by atoms with van der Waals surface area (Å²) in [6.45, 7) is 0.728. The Labute approximate surface area is 208 Å². The van der Waals surface area contributed by atoms with Crippen molar-refractivity contribution in [3.63, 3.8) is 0 Å². The van der Waals surface area contributed by atoms with E-state index in [4.69, 9.17) is 20.2 Å². The van der Waals surface area contributed by atoms with E-state index in [0.29, 0.717) is 11.0 Å². The number of anilines is 1. The average molecular weight is 485 g/mol. The third kappa shape index (κ3) is 4.93. The Morgan fingerprint density at radius 3 is 2.46 bits per heavy atom. The summed E-state index contributed by atoms with van der Waals surface area (Å²) in [5.74, 6) is 1.91. The van der Waals surface area contributed by atoms with Crippen LogP contribution in [0.15, 0.2) is 89.2 Å². The van der Waals surface area contributed by atoms with Crippen LogP contribution in [0.25, 0.3) is 22.3 Å². The van der Waals surface area contributed by atoms with Crippen LogP contribution in [0.5, 0.6) is 11.5 Å². The second-order valence-corrected chi connectivity index (χ2v) is 9.03.